The molecule has 3 nitrogen and oxygen atoms in total. The lowest BCUT2D eigenvalue weighted by molar-refractivity contribution is -0.287. The van der Waals surface area contributed by atoms with Gasteiger partial charge >= 0.3 is 12.7 Å². The lowest BCUT2D eigenvalue weighted by Crippen LogP contribution is -2.22. The van der Waals surface area contributed by atoms with Crippen LogP contribution in [0.4, 0.5) is 26.3 Å². The second-order valence-electron chi connectivity index (χ2n) is 4.05. The number of ether oxygens (including phenoxy) is 2. The molecule has 0 aliphatic carbocycles. The summed E-state index contributed by atoms with van der Waals surface area (Å²) in [5.74, 6) is -2.08. The standard InChI is InChI=1S/C12H13F6NO2/c1-3-8(19-2)7-4-5-9(20-11(13,14)15)10(6-7)21-12(16,17)18/h4-6,8,19H,3H2,1-2H3. The van der Waals surface area contributed by atoms with E-state index in [1.165, 1.54) is 6.07 Å². The van der Waals surface area contributed by atoms with Crippen LogP contribution >= 0.6 is 0 Å². The third-order valence-electron chi connectivity index (χ3n) is 2.58. The van der Waals surface area contributed by atoms with Crippen molar-refractivity contribution in [2.45, 2.75) is 32.1 Å². The maximum absolute atomic E-state index is 12.3. The SMILES string of the molecule is CCC(NC)c1ccc(OC(F)(F)F)c(OC(F)(F)F)c1. The van der Waals surface area contributed by atoms with Gasteiger partial charge in [-0.05, 0) is 31.2 Å². The van der Waals surface area contributed by atoms with Gasteiger partial charge in [0.2, 0.25) is 0 Å². The minimum Gasteiger partial charge on any atom is -0.402 e. The molecule has 0 saturated heterocycles. The summed E-state index contributed by atoms with van der Waals surface area (Å²) < 4.78 is 80.5. The molecule has 21 heavy (non-hydrogen) atoms. The summed E-state index contributed by atoms with van der Waals surface area (Å²) in [6, 6.07) is 2.60. The zero-order valence-corrected chi connectivity index (χ0v) is 11.1. The van der Waals surface area contributed by atoms with Crippen LogP contribution in [0.15, 0.2) is 18.2 Å². The van der Waals surface area contributed by atoms with E-state index in [1.807, 2.05) is 0 Å². The number of rotatable bonds is 5. The Balaban J connectivity index is 3.19. The van der Waals surface area contributed by atoms with E-state index in [2.05, 4.69) is 14.8 Å². The second-order valence-corrected chi connectivity index (χ2v) is 4.05. The van der Waals surface area contributed by atoms with Gasteiger partial charge in [0.05, 0.1) is 0 Å². The van der Waals surface area contributed by atoms with Crippen LogP contribution in [0, 0.1) is 0 Å². The fourth-order valence-electron chi connectivity index (χ4n) is 1.76. The summed E-state index contributed by atoms with van der Waals surface area (Å²) in [6.07, 6.45) is -9.70. The Labute approximate surface area is 116 Å². The smallest absolute Gasteiger partial charge is 0.402 e. The van der Waals surface area contributed by atoms with Gasteiger partial charge in [0, 0.05) is 6.04 Å². The molecule has 0 bridgehead atoms. The number of alkyl halides is 6. The molecule has 0 aromatic heterocycles. The lowest BCUT2D eigenvalue weighted by atomic mass is 10.0. The zero-order valence-electron chi connectivity index (χ0n) is 11.1. The molecule has 0 aliphatic heterocycles. The third kappa shape index (κ3) is 5.70. The van der Waals surface area contributed by atoms with E-state index < -0.39 is 24.2 Å². The molecule has 0 spiro atoms. The molecular weight excluding hydrogens is 304 g/mol. The summed E-state index contributed by atoms with van der Waals surface area (Å²) in [5, 5.41) is 2.83. The predicted molar refractivity (Wildman–Crippen MR) is 61.9 cm³/mol. The largest absolute Gasteiger partial charge is 0.573 e. The zero-order chi connectivity index (χ0) is 16.3. The first-order valence-electron chi connectivity index (χ1n) is 5.88. The van der Waals surface area contributed by atoms with Crippen LogP contribution in [0.1, 0.15) is 24.9 Å². The van der Waals surface area contributed by atoms with Crippen molar-refractivity contribution in [1.29, 1.82) is 0 Å². The Hall–Kier alpha value is -1.64. The van der Waals surface area contributed by atoms with Crippen LogP contribution in [0.3, 0.4) is 0 Å². The molecule has 9 heteroatoms. The second kappa shape index (κ2) is 6.42. The molecule has 1 rings (SSSR count). The minimum atomic E-state index is -5.12. The highest BCUT2D eigenvalue weighted by atomic mass is 19.4. The van der Waals surface area contributed by atoms with Crippen molar-refractivity contribution in [2.75, 3.05) is 7.05 Å². The lowest BCUT2D eigenvalue weighted by Gasteiger charge is -2.19. The van der Waals surface area contributed by atoms with Crippen LogP contribution < -0.4 is 14.8 Å². The van der Waals surface area contributed by atoms with Crippen LogP contribution in [-0.4, -0.2) is 19.8 Å². The summed E-state index contributed by atoms with van der Waals surface area (Å²) in [6.45, 7) is 1.77. The first-order valence-corrected chi connectivity index (χ1v) is 5.88. The summed E-state index contributed by atoms with van der Waals surface area (Å²) in [7, 11) is 1.58. The van der Waals surface area contributed by atoms with Crippen LogP contribution in [0.2, 0.25) is 0 Å². The van der Waals surface area contributed by atoms with Gasteiger partial charge in [-0.25, -0.2) is 0 Å². The molecule has 0 amide bonds. The Morgan fingerprint density at radius 2 is 1.52 bits per heavy atom. The summed E-state index contributed by atoms with van der Waals surface area (Å²) >= 11 is 0. The highest BCUT2D eigenvalue weighted by Gasteiger charge is 2.36. The van der Waals surface area contributed by atoms with Crippen molar-refractivity contribution in [2.24, 2.45) is 0 Å². The molecule has 1 unspecified atom stereocenters. The Morgan fingerprint density at radius 3 is 1.95 bits per heavy atom. The van der Waals surface area contributed by atoms with Crippen molar-refractivity contribution in [3.8, 4) is 11.5 Å². The van der Waals surface area contributed by atoms with E-state index in [4.69, 9.17) is 0 Å². The normalized spacial score (nSPS) is 13.9. The molecule has 120 valence electrons. The quantitative estimate of drug-likeness (QED) is 0.828. The van der Waals surface area contributed by atoms with E-state index in [9.17, 15) is 26.3 Å². The number of nitrogens with one attached hydrogen (secondary N) is 1. The number of hydrogen-bond donors (Lipinski definition) is 1. The number of benzene rings is 1. The molecule has 1 atom stereocenters. The molecule has 0 fully saturated rings. The van der Waals surface area contributed by atoms with Crippen molar-refractivity contribution in [1.82, 2.24) is 5.32 Å². The van der Waals surface area contributed by atoms with Gasteiger partial charge in [0.25, 0.3) is 0 Å². The fraction of sp³-hybridized carbons (Fsp3) is 0.500. The van der Waals surface area contributed by atoms with Crippen molar-refractivity contribution in [3.05, 3.63) is 23.8 Å². The topological polar surface area (TPSA) is 30.5 Å². The van der Waals surface area contributed by atoms with Crippen molar-refractivity contribution < 1.29 is 35.8 Å². The van der Waals surface area contributed by atoms with E-state index in [0.29, 0.717) is 12.0 Å². The third-order valence-corrected chi connectivity index (χ3v) is 2.58. The molecular formula is C12H13F6NO2. The maximum atomic E-state index is 12.3. The highest BCUT2D eigenvalue weighted by molar-refractivity contribution is 5.44. The van der Waals surface area contributed by atoms with Gasteiger partial charge in [-0.3, -0.25) is 0 Å². The molecule has 0 radical (unpaired) electrons. The Kier molecular flexibility index (Phi) is 5.32. The van der Waals surface area contributed by atoms with Gasteiger partial charge in [0.1, 0.15) is 0 Å². The average Bonchev–Trinajstić information content (AvgIpc) is 2.30. The van der Waals surface area contributed by atoms with Gasteiger partial charge in [-0.1, -0.05) is 13.0 Å². The first kappa shape index (κ1) is 17.4. The average molecular weight is 317 g/mol. The molecule has 1 aromatic rings. The molecule has 0 saturated carbocycles. The summed E-state index contributed by atoms with van der Waals surface area (Å²) in [4.78, 5) is 0. The van der Waals surface area contributed by atoms with Gasteiger partial charge in [-0.2, -0.15) is 0 Å². The van der Waals surface area contributed by atoms with E-state index >= 15 is 0 Å². The van der Waals surface area contributed by atoms with E-state index in [-0.39, 0.29) is 6.04 Å². The van der Waals surface area contributed by atoms with Gasteiger partial charge < -0.3 is 14.8 Å². The molecule has 0 heterocycles. The molecule has 1 N–H and O–H groups in total. The summed E-state index contributed by atoms with van der Waals surface area (Å²) in [5.41, 5.74) is 0.355. The molecule has 0 aliphatic rings. The highest BCUT2D eigenvalue weighted by Crippen LogP contribution is 2.37. The van der Waals surface area contributed by atoms with Crippen LogP contribution in [0.5, 0.6) is 11.5 Å². The van der Waals surface area contributed by atoms with Gasteiger partial charge in [-0.15, -0.1) is 26.3 Å². The number of hydrogen-bond acceptors (Lipinski definition) is 3. The van der Waals surface area contributed by atoms with Crippen LogP contribution in [0.25, 0.3) is 0 Å². The maximum Gasteiger partial charge on any atom is 0.573 e. The van der Waals surface area contributed by atoms with Crippen molar-refractivity contribution >= 4 is 0 Å². The Morgan fingerprint density at radius 1 is 1.00 bits per heavy atom. The fourth-order valence-corrected chi connectivity index (χ4v) is 1.76. The van der Waals surface area contributed by atoms with E-state index in [0.717, 1.165) is 12.1 Å². The predicted octanol–water partition coefficient (Wildman–Crippen LogP) is 4.15. The Bertz CT molecular complexity index is 468. The minimum absolute atomic E-state index is 0.319. The number of halogens is 6. The van der Waals surface area contributed by atoms with Crippen molar-refractivity contribution in [3.63, 3.8) is 0 Å². The van der Waals surface area contributed by atoms with Gasteiger partial charge in [0.15, 0.2) is 11.5 Å². The van der Waals surface area contributed by atoms with Crippen LogP contribution in [-0.2, 0) is 0 Å². The molecule has 1 aromatic carbocycles. The first-order chi connectivity index (χ1) is 9.55. The monoisotopic (exact) mass is 317 g/mol. The van der Waals surface area contributed by atoms with E-state index in [1.54, 1.807) is 14.0 Å².